The van der Waals surface area contributed by atoms with E-state index in [1.807, 2.05) is 45.4 Å². The lowest BCUT2D eigenvalue weighted by Crippen LogP contribution is -2.13. The minimum absolute atomic E-state index is 1.02. The minimum atomic E-state index is 1.02. The first-order chi connectivity index (χ1) is 7.70. The predicted octanol–water partition coefficient (Wildman–Crippen LogP) is 2.86. The fourth-order valence-electron chi connectivity index (χ4n) is 1.79. The molecule has 0 radical (unpaired) electrons. The molecule has 3 heteroatoms. The summed E-state index contributed by atoms with van der Waals surface area (Å²) >= 11 is 0. The van der Waals surface area contributed by atoms with E-state index in [1.165, 1.54) is 0 Å². The van der Waals surface area contributed by atoms with E-state index in [9.17, 15) is 0 Å². The molecule has 0 spiro atoms. The number of anilines is 2. The van der Waals surface area contributed by atoms with Crippen LogP contribution in [-0.2, 0) is 0 Å². The van der Waals surface area contributed by atoms with Crippen LogP contribution in [0.4, 0.5) is 11.4 Å². The average molecular weight is 213 g/mol. The lowest BCUT2D eigenvalue weighted by molar-refractivity contribution is 1.08. The van der Waals surface area contributed by atoms with Crippen molar-refractivity contribution in [1.29, 1.82) is 0 Å². The molecule has 2 aromatic rings. The van der Waals surface area contributed by atoms with Crippen LogP contribution in [0.3, 0.4) is 0 Å². The first-order valence-corrected chi connectivity index (χ1v) is 5.27. The van der Waals surface area contributed by atoms with Gasteiger partial charge < -0.3 is 4.90 Å². The van der Waals surface area contributed by atoms with Gasteiger partial charge in [-0.1, -0.05) is 0 Å². The Hall–Kier alpha value is -1.90. The number of aromatic nitrogens is 2. The highest BCUT2D eigenvalue weighted by molar-refractivity contribution is 5.65. The maximum Gasteiger partial charge on any atom is 0.0624 e. The maximum absolute atomic E-state index is 4.29. The molecule has 2 aromatic heterocycles. The molecule has 0 aliphatic carbocycles. The van der Waals surface area contributed by atoms with Crippen LogP contribution >= 0.6 is 0 Å². The quantitative estimate of drug-likeness (QED) is 0.768. The van der Waals surface area contributed by atoms with Gasteiger partial charge in [0, 0.05) is 19.4 Å². The van der Waals surface area contributed by atoms with Crippen LogP contribution in [-0.4, -0.2) is 17.0 Å². The van der Waals surface area contributed by atoms with Gasteiger partial charge in [-0.3, -0.25) is 9.97 Å². The van der Waals surface area contributed by atoms with Crippen LogP contribution < -0.4 is 4.90 Å². The average Bonchev–Trinajstić information content (AvgIpc) is 2.29. The van der Waals surface area contributed by atoms with Gasteiger partial charge in [-0.25, -0.2) is 0 Å². The van der Waals surface area contributed by atoms with E-state index in [4.69, 9.17) is 0 Å². The Balaban J connectivity index is 2.44. The van der Waals surface area contributed by atoms with E-state index < -0.39 is 0 Å². The maximum atomic E-state index is 4.29. The summed E-state index contributed by atoms with van der Waals surface area (Å²) in [5.41, 5.74) is 4.26. The summed E-state index contributed by atoms with van der Waals surface area (Å²) in [6, 6.07) is 8.03. The third kappa shape index (κ3) is 1.89. The highest BCUT2D eigenvalue weighted by atomic mass is 15.1. The standard InChI is InChI=1S/C13H15N3/c1-10-12(6-4-8-14-10)16(3)13-7-5-9-15-11(13)2/h4-9H,1-3H3. The molecule has 0 saturated heterocycles. The molecule has 0 amide bonds. The summed E-state index contributed by atoms with van der Waals surface area (Å²) in [5.74, 6) is 0. The van der Waals surface area contributed by atoms with Gasteiger partial charge in [0.2, 0.25) is 0 Å². The van der Waals surface area contributed by atoms with Crippen molar-refractivity contribution in [3.05, 3.63) is 48.0 Å². The fourth-order valence-corrected chi connectivity index (χ4v) is 1.79. The molecule has 82 valence electrons. The van der Waals surface area contributed by atoms with Crippen molar-refractivity contribution < 1.29 is 0 Å². The molecule has 0 aromatic carbocycles. The second kappa shape index (κ2) is 4.31. The molecule has 0 aliphatic rings. The van der Waals surface area contributed by atoms with Crippen LogP contribution in [0.1, 0.15) is 11.4 Å². The normalized spacial score (nSPS) is 10.2. The van der Waals surface area contributed by atoms with Gasteiger partial charge in [0.15, 0.2) is 0 Å². The Labute approximate surface area is 95.8 Å². The van der Waals surface area contributed by atoms with Crippen molar-refractivity contribution >= 4 is 11.4 Å². The molecule has 0 saturated carbocycles. The monoisotopic (exact) mass is 213 g/mol. The lowest BCUT2D eigenvalue weighted by atomic mass is 10.2. The van der Waals surface area contributed by atoms with Gasteiger partial charge in [0.05, 0.1) is 22.8 Å². The van der Waals surface area contributed by atoms with E-state index in [2.05, 4.69) is 27.0 Å². The molecule has 0 bridgehead atoms. The zero-order chi connectivity index (χ0) is 11.5. The van der Waals surface area contributed by atoms with E-state index in [-0.39, 0.29) is 0 Å². The molecule has 0 aliphatic heterocycles. The fraction of sp³-hybridized carbons (Fsp3) is 0.231. The van der Waals surface area contributed by atoms with Gasteiger partial charge in [-0.2, -0.15) is 0 Å². The number of nitrogens with zero attached hydrogens (tertiary/aromatic N) is 3. The predicted molar refractivity (Wildman–Crippen MR) is 66.0 cm³/mol. The zero-order valence-corrected chi connectivity index (χ0v) is 9.81. The van der Waals surface area contributed by atoms with E-state index in [0.717, 1.165) is 22.8 Å². The number of hydrogen-bond donors (Lipinski definition) is 0. The molecule has 2 heterocycles. The van der Waals surface area contributed by atoms with Crippen LogP contribution in [0.5, 0.6) is 0 Å². The van der Waals surface area contributed by atoms with Crippen molar-refractivity contribution in [2.45, 2.75) is 13.8 Å². The third-order valence-corrected chi connectivity index (χ3v) is 2.68. The summed E-state index contributed by atoms with van der Waals surface area (Å²) in [6.45, 7) is 4.02. The molecular formula is C13H15N3. The second-order valence-corrected chi connectivity index (χ2v) is 3.77. The molecule has 2 rings (SSSR count). The SMILES string of the molecule is Cc1ncccc1N(C)c1cccnc1C. The van der Waals surface area contributed by atoms with Gasteiger partial charge in [-0.15, -0.1) is 0 Å². The Morgan fingerprint density at radius 3 is 1.69 bits per heavy atom. The van der Waals surface area contributed by atoms with E-state index in [1.54, 1.807) is 0 Å². The highest BCUT2D eigenvalue weighted by Gasteiger charge is 2.09. The topological polar surface area (TPSA) is 29.0 Å². The third-order valence-electron chi connectivity index (χ3n) is 2.68. The van der Waals surface area contributed by atoms with Crippen molar-refractivity contribution in [1.82, 2.24) is 9.97 Å². The highest BCUT2D eigenvalue weighted by Crippen LogP contribution is 2.26. The summed E-state index contributed by atoms with van der Waals surface area (Å²) in [4.78, 5) is 10.7. The van der Waals surface area contributed by atoms with Gasteiger partial charge in [0.25, 0.3) is 0 Å². The Kier molecular flexibility index (Phi) is 2.86. The molecular weight excluding hydrogens is 198 g/mol. The molecule has 0 unspecified atom stereocenters. The smallest absolute Gasteiger partial charge is 0.0624 e. The number of hydrogen-bond acceptors (Lipinski definition) is 3. The van der Waals surface area contributed by atoms with Crippen molar-refractivity contribution in [2.75, 3.05) is 11.9 Å². The summed E-state index contributed by atoms with van der Waals surface area (Å²) < 4.78 is 0. The Morgan fingerprint density at radius 1 is 0.875 bits per heavy atom. The Morgan fingerprint density at radius 2 is 1.31 bits per heavy atom. The molecule has 0 fully saturated rings. The van der Waals surface area contributed by atoms with E-state index >= 15 is 0 Å². The minimum Gasteiger partial charge on any atom is -0.342 e. The summed E-state index contributed by atoms with van der Waals surface area (Å²) in [5, 5.41) is 0. The first kappa shape index (κ1) is 10.6. The summed E-state index contributed by atoms with van der Waals surface area (Å²) in [7, 11) is 2.04. The van der Waals surface area contributed by atoms with Crippen LogP contribution in [0.25, 0.3) is 0 Å². The lowest BCUT2D eigenvalue weighted by Gasteiger charge is -2.21. The molecule has 0 N–H and O–H groups in total. The van der Waals surface area contributed by atoms with Gasteiger partial charge in [-0.05, 0) is 38.1 Å². The van der Waals surface area contributed by atoms with Crippen LogP contribution in [0.2, 0.25) is 0 Å². The zero-order valence-electron chi connectivity index (χ0n) is 9.81. The molecule has 0 atom stereocenters. The van der Waals surface area contributed by atoms with Gasteiger partial charge in [0.1, 0.15) is 0 Å². The second-order valence-electron chi connectivity index (χ2n) is 3.77. The Bertz CT molecular complexity index is 449. The number of aryl methyl sites for hydroxylation is 2. The van der Waals surface area contributed by atoms with E-state index in [0.29, 0.717) is 0 Å². The number of pyridine rings is 2. The molecule has 3 nitrogen and oxygen atoms in total. The summed E-state index contributed by atoms with van der Waals surface area (Å²) in [6.07, 6.45) is 3.62. The van der Waals surface area contributed by atoms with Crippen molar-refractivity contribution in [2.24, 2.45) is 0 Å². The molecule has 16 heavy (non-hydrogen) atoms. The van der Waals surface area contributed by atoms with Crippen LogP contribution in [0.15, 0.2) is 36.7 Å². The largest absolute Gasteiger partial charge is 0.342 e. The van der Waals surface area contributed by atoms with Gasteiger partial charge >= 0.3 is 0 Å². The van der Waals surface area contributed by atoms with Crippen molar-refractivity contribution in [3.63, 3.8) is 0 Å². The van der Waals surface area contributed by atoms with Crippen molar-refractivity contribution in [3.8, 4) is 0 Å². The van der Waals surface area contributed by atoms with Crippen LogP contribution in [0, 0.1) is 13.8 Å². The first-order valence-electron chi connectivity index (χ1n) is 5.27. The number of rotatable bonds is 2.